The third-order valence-corrected chi connectivity index (χ3v) is 3.13. The normalized spacial score (nSPS) is 13.4. The van der Waals surface area contributed by atoms with E-state index >= 15 is 0 Å². The Hall–Kier alpha value is -0.840. The number of hydrogen-bond donors (Lipinski definition) is 1. The summed E-state index contributed by atoms with van der Waals surface area (Å²) in [5.41, 5.74) is 0. The zero-order chi connectivity index (χ0) is 14.3. The summed E-state index contributed by atoms with van der Waals surface area (Å²) >= 11 is 0. The van der Waals surface area contributed by atoms with Gasteiger partial charge in [0.15, 0.2) is 0 Å². The molecule has 0 aromatic carbocycles. The zero-order valence-electron chi connectivity index (χ0n) is 12.9. The molecule has 1 rings (SSSR count). The Morgan fingerprint density at radius 1 is 1.26 bits per heavy atom. The molecule has 0 aliphatic rings. The zero-order valence-corrected chi connectivity index (χ0v) is 12.9. The van der Waals surface area contributed by atoms with Crippen molar-refractivity contribution in [2.45, 2.75) is 39.9 Å². The Morgan fingerprint density at radius 2 is 1.95 bits per heavy atom. The van der Waals surface area contributed by atoms with Crippen LogP contribution in [0.25, 0.3) is 0 Å². The highest BCUT2D eigenvalue weighted by molar-refractivity contribution is 5.07. The highest BCUT2D eigenvalue weighted by atomic mass is 16.5. The number of likely N-dealkylation sites (N-methyl/N-ethyl adjacent to an activating group) is 1. The molecule has 110 valence electrons. The maximum absolute atomic E-state index is 5.82. The first-order valence-corrected chi connectivity index (χ1v) is 7.00. The molecule has 4 heteroatoms. The first-order chi connectivity index (χ1) is 9.02. The van der Waals surface area contributed by atoms with Crippen LogP contribution in [0.1, 0.15) is 32.3 Å². The molecular formula is C15H28N2O2. The molecule has 1 N–H and O–H groups in total. The van der Waals surface area contributed by atoms with E-state index in [0.717, 1.165) is 37.8 Å². The summed E-state index contributed by atoms with van der Waals surface area (Å²) in [7, 11) is 3.82. The Balaban J connectivity index is 2.37. The van der Waals surface area contributed by atoms with E-state index in [1.165, 1.54) is 0 Å². The van der Waals surface area contributed by atoms with Crippen molar-refractivity contribution in [1.82, 2.24) is 10.2 Å². The number of nitrogens with one attached hydrogen (secondary N) is 1. The van der Waals surface area contributed by atoms with Crippen LogP contribution in [0, 0.1) is 5.92 Å². The van der Waals surface area contributed by atoms with Gasteiger partial charge in [-0.3, -0.25) is 4.90 Å². The highest BCUT2D eigenvalue weighted by Crippen LogP contribution is 2.11. The molecule has 0 saturated heterocycles. The van der Waals surface area contributed by atoms with Crippen LogP contribution >= 0.6 is 0 Å². The van der Waals surface area contributed by atoms with Crippen LogP contribution in [0.3, 0.4) is 0 Å². The van der Waals surface area contributed by atoms with Gasteiger partial charge in [0.05, 0.1) is 19.7 Å². The molecule has 0 spiro atoms. The molecule has 0 amide bonds. The Bertz CT molecular complexity index is 350. The van der Waals surface area contributed by atoms with Gasteiger partial charge in [0.1, 0.15) is 11.5 Å². The van der Waals surface area contributed by atoms with Gasteiger partial charge in [-0.15, -0.1) is 0 Å². The van der Waals surface area contributed by atoms with Crippen LogP contribution in [0.2, 0.25) is 0 Å². The minimum absolute atomic E-state index is 0.387. The Kier molecular flexibility index (Phi) is 7.13. The minimum atomic E-state index is 0.387. The topological polar surface area (TPSA) is 37.6 Å². The lowest BCUT2D eigenvalue weighted by molar-refractivity contribution is 0.107. The second-order valence-corrected chi connectivity index (χ2v) is 5.61. The molecule has 0 fully saturated rings. The summed E-state index contributed by atoms with van der Waals surface area (Å²) in [6, 6.07) is 4.50. The second kappa shape index (κ2) is 8.35. The SMILES string of the molecule is COCC(C)N(C)Cc1ccc(CNCC(C)C)o1. The monoisotopic (exact) mass is 268 g/mol. The third-order valence-electron chi connectivity index (χ3n) is 3.13. The summed E-state index contributed by atoms with van der Waals surface area (Å²) in [6.45, 7) is 9.92. The number of methoxy groups -OCH3 is 1. The summed E-state index contributed by atoms with van der Waals surface area (Å²) in [5, 5.41) is 3.38. The molecule has 1 aromatic rings. The van der Waals surface area contributed by atoms with Crippen LogP contribution in [-0.4, -0.2) is 38.3 Å². The first kappa shape index (κ1) is 16.2. The standard InChI is InChI=1S/C15H28N2O2/c1-12(2)8-16-9-14-6-7-15(19-14)10-17(4)13(3)11-18-5/h6-7,12-13,16H,8-11H2,1-5H3. The van der Waals surface area contributed by atoms with E-state index in [1.54, 1.807) is 7.11 Å². The fraction of sp³-hybridized carbons (Fsp3) is 0.733. The predicted octanol–water partition coefficient (Wildman–Crippen LogP) is 2.49. The number of rotatable bonds is 9. The third kappa shape index (κ3) is 6.23. The molecule has 0 saturated carbocycles. The number of nitrogens with zero attached hydrogens (tertiary/aromatic N) is 1. The van der Waals surface area contributed by atoms with Crippen molar-refractivity contribution in [2.24, 2.45) is 5.92 Å². The molecular weight excluding hydrogens is 240 g/mol. The predicted molar refractivity (Wildman–Crippen MR) is 78.1 cm³/mol. The summed E-state index contributed by atoms with van der Waals surface area (Å²) in [5.74, 6) is 2.67. The van der Waals surface area contributed by atoms with Gasteiger partial charge < -0.3 is 14.5 Å². The largest absolute Gasteiger partial charge is 0.463 e. The molecule has 4 nitrogen and oxygen atoms in total. The number of hydrogen-bond acceptors (Lipinski definition) is 4. The van der Waals surface area contributed by atoms with E-state index in [4.69, 9.17) is 9.15 Å². The van der Waals surface area contributed by atoms with Crippen molar-refractivity contribution in [3.63, 3.8) is 0 Å². The summed E-state index contributed by atoms with van der Waals surface area (Å²) < 4.78 is 11.0. The van der Waals surface area contributed by atoms with Crippen LogP contribution < -0.4 is 5.32 Å². The highest BCUT2D eigenvalue weighted by Gasteiger charge is 2.11. The van der Waals surface area contributed by atoms with Crippen LogP contribution in [0.5, 0.6) is 0 Å². The van der Waals surface area contributed by atoms with Crippen molar-refractivity contribution >= 4 is 0 Å². The van der Waals surface area contributed by atoms with Crippen molar-refractivity contribution in [3.05, 3.63) is 23.7 Å². The van der Waals surface area contributed by atoms with Gasteiger partial charge in [0.2, 0.25) is 0 Å². The van der Waals surface area contributed by atoms with Crippen LogP contribution in [0.15, 0.2) is 16.5 Å². The average molecular weight is 268 g/mol. The summed E-state index contributed by atoms with van der Waals surface area (Å²) in [4.78, 5) is 2.23. The van der Waals surface area contributed by atoms with E-state index < -0.39 is 0 Å². The average Bonchev–Trinajstić information content (AvgIpc) is 2.76. The van der Waals surface area contributed by atoms with Crippen molar-refractivity contribution in [1.29, 1.82) is 0 Å². The van der Waals surface area contributed by atoms with E-state index in [-0.39, 0.29) is 0 Å². The van der Waals surface area contributed by atoms with Crippen molar-refractivity contribution in [3.8, 4) is 0 Å². The van der Waals surface area contributed by atoms with Gasteiger partial charge in [0.25, 0.3) is 0 Å². The first-order valence-electron chi connectivity index (χ1n) is 7.00. The molecule has 1 heterocycles. The van der Waals surface area contributed by atoms with Gasteiger partial charge in [-0.05, 0) is 38.6 Å². The van der Waals surface area contributed by atoms with Crippen molar-refractivity contribution < 1.29 is 9.15 Å². The molecule has 1 atom stereocenters. The van der Waals surface area contributed by atoms with Gasteiger partial charge in [-0.25, -0.2) is 0 Å². The molecule has 0 bridgehead atoms. The molecule has 19 heavy (non-hydrogen) atoms. The molecule has 1 unspecified atom stereocenters. The molecule has 0 radical (unpaired) electrons. The lowest BCUT2D eigenvalue weighted by atomic mass is 10.2. The number of furan rings is 1. The molecule has 1 aromatic heterocycles. The molecule has 0 aliphatic heterocycles. The quantitative estimate of drug-likeness (QED) is 0.746. The second-order valence-electron chi connectivity index (χ2n) is 5.61. The van der Waals surface area contributed by atoms with E-state index in [2.05, 4.69) is 50.2 Å². The maximum Gasteiger partial charge on any atom is 0.118 e. The number of ether oxygens (including phenoxy) is 1. The fourth-order valence-corrected chi connectivity index (χ4v) is 1.86. The van der Waals surface area contributed by atoms with E-state index in [1.807, 2.05) is 0 Å². The Morgan fingerprint density at radius 3 is 2.58 bits per heavy atom. The lowest BCUT2D eigenvalue weighted by Crippen LogP contribution is -2.32. The maximum atomic E-state index is 5.82. The van der Waals surface area contributed by atoms with Gasteiger partial charge >= 0.3 is 0 Å². The smallest absolute Gasteiger partial charge is 0.118 e. The minimum Gasteiger partial charge on any atom is -0.463 e. The van der Waals surface area contributed by atoms with E-state index in [9.17, 15) is 0 Å². The van der Waals surface area contributed by atoms with Gasteiger partial charge in [0, 0.05) is 13.2 Å². The Labute approximate surface area is 117 Å². The fourth-order valence-electron chi connectivity index (χ4n) is 1.86. The lowest BCUT2D eigenvalue weighted by Gasteiger charge is -2.22. The van der Waals surface area contributed by atoms with Crippen LogP contribution in [-0.2, 0) is 17.8 Å². The van der Waals surface area contributed by atoms with Gasteiger partial charge in [-0.2, -0.15) is 0 Å². The van der Waals surface area contributed by atoms with Gasteiger partial charge in [-0.1, -0.05) is 13.8 Å². The van der Waals surface area contributed by atoms with Crippen LogP contribution in [0.4, 0.5) is 0 Å². The van der Waals surface area contributed by atoms with Crippen molar-refractivity contribution in [2.75, 3.05) is 27.3 Å². The molecule has 0 aliphatic carbocycles. The van der Waals surface area contributed by atoms with E-state index in [0.29, 0.717) is 12.0 Å². The summed E-state index contributed by atoms with van der Waals surface area (Å²) in [6.07, 6.45) is 0.